The lowest BCUT2D eigenvalue weighted by Crippen LogP contribution is -2.42. The molecule has 1 aliphatic heterocycles. The molecule has 1 N–H and O–H groups in total. The maximum Gasteiger partial charge on any atom is 0.337 e. The quantitative estimate of drug-likeness (QED) is 0.451. The zero-order valence-corrected chi connectivity index (χ0v) is 15.6. The van der Waals surface area contributed by atoms with Gasteiger partial charge in [-0.1, -0.05) is 22.8 Å². The summed E-state index contributed by atoms with van der Waals surface area (Å²) in [5.41, 5.74) is 1.49. The molecule has 0 amide bonds. The third-order valence-corrected chi connectivity index (χ3v) is 4.97. The van der Waals surface area contributed by atoms with Crippen molar-refractivity contribution in [1.29, 1.82) is 0 Å². The summed E-state index contributed by atoms with van der Waals surface area (Å²) >= 11 is 5.79. The maximum absolute atomic E-state index is 12.8. The smallest absolute Gasteiger partial charge is 0.337 e. The lowest BCUT2D eigenvalue weighted by Gasteiger charge is -2.35. The number of nitrogens with zero attached hydrogens (tertiary/aromatic N) is 2. The Morgan fingerprint density at radius 2 is 2.15 bits per heavy atom. The van der Waals surface area contributed by atoms with Crippen molar-refractivity contribution in [1.82, 2.24) is 10.3 Å². The molecule has 1 saturated carbocycles. The average molecular weight is 400 g/mol. The number of aromatic nitrogens is 1. The van der Waals surface area contributed by atoms with Gasteiger partial charge in [-0.25, -0.2) is 18.6 Å². The average Bonchev–Trinajstić information content (AvgIpc) is 2.88. The third kappa shape index (κ3) is 4.37. The van der Waals surface area contributed by atoms with E-state index in [0.717, 1.165) is 11.3 Å². The molecular weight excluding hydrogens is 380 g/mol. The molecule has 1 aromatic heterocycles. The van der Waals surface area contributed by atoms with Crippen molar-refractivity contribution in [3.63, 3.8) is 0 Å². The molecule has 0 saturated heterocycles. The number of hydrogen-bond donors (Lipinski definition) is 1. The van der Waals surface area contributed by atoms with Gasteiger partial charge in [-0.2, -0.15) is 0 Å². The normalized spacial score (nSPS) is 22.4. The summed E-state index contributed by atoms with van der Waals surface area (Å²) in [7, 11) is 1.47. The lowest BCUT2D eigenvalue weighted by molar-refractivity contribution is -0.148. The first-order chi connectivity index (χ1) is 12.9. The van der Waals surface area contributed by atoms with E-state index in [1.807, 2.05) is 0 Å². The maximum atomic E-state index is 12.8. The van der Waals surface area contributed by atoms with E-state index in [2.05, 4.69) is 15.5 Å². The summed E-state index contributed by atoms with van der Waals surface area (Å²) < 4.78 is 31.4. The summed E-state index contributed by atoms with van der Waals surface area (Å²) in [4.78, 5) is 21.4. The summed E-state index contributed by atoms with van der Waals surface area (Å²) in [5, 5.41) is 7.06. The Labute approximate surface area is 160 Å². The van der Waals surface area contributed by atoms with E-state index in [-0.39, 0.29) is 6.42 Å². The number of esters is 1. The van der Waals surface area contributed by atoms with E-state index in [1.165, 1.54) is 7.11 Å². The fourth-order valence-electron chi connectivity index (χ4n) is 3.50. The molecule has 0 bridgehead atoms. The van der Waals surface area contributed by atoms with Crippen molar-refractivity contribution < 1.29 is 23.1 Å². The first kappa shape index (κ1) is 19.5. The van der Waals surface area contributed by atoms with Crippen molar-refractivity contribution in [3.8, 4) is 0 Å². The molecule has 2 heterocycles. The monoisotopic (exact) mass is 399 g/mol. The first-order valence-corrected chi connectivity index (χ1v) is 8.99. The number of hydrogen-bond acceptors (Lipinski definition) is 6. The van der Waals surface area contributed by atoms with E-state index in [9.17, 15) is 13.6 Å². The Morgan fingerprint density at radius 1 is 1.41 bits per heavy atom. The molecule has 1 aliphatic carbocycles. The van der Waals surface area contributed by atoms with Crippen LogP contribution in [0.1, 0.15) is 31.2 Å². The Bertz CT molecular complexity index is 756. The molecule has 27 heavy (non-hydrogen) atoms. The summed E-state index contributed by atoms with van der Waals surface area (Å²) in [6, 6.07) is 3.36. The number of nitrogens with one attached hydrogen (secondary N) is 1. The van der Waals surface area contributed by atoms with E-state index in [1.54, 1.807) is 18.3 Å². The highest BCUT2D eigenvalue weighted by atomic mass is 35.5. The van der Waals surface area contributed by atoms with Crippen LogP contribution in [-0.2, 0) is 20.8 Å². The van der Waals surface area contributed by atoms with Crippen molar-refractivity contribution >= 4 is 23.3 Å². The molecule has 0 radical (unpaired) electrons. The highest BCUT2D eigenvalue weighted by Crippen LogP contribution is 2.43. The van der Waals surface area contributed by atoms with Gasteiger partial charge in [0.2, 0.25) is 0 Å². The molecule has 0 aromatic carbocycles. The van der Waals surface area contributed by atoms with Gasteiger partial charge in [-0.3, -0.25) is 0 Å². The van der Waals surface area contributed by atoms with Gasteiger partial charge in [0.05, 0.1) is 23.5 Å². The lowest BCUT2D eigenvalue weighted by atomic mass is 9.80. The number of oxime groups is 1. The van der Waals surface area contributed by atoms with Gasteiger partial charge in [-0.05, 0) is 37.3 Å². The number of alkyl halides is 2. The van der Waals surface area contributed by atoms with E-state index < -0.39 is 24.5 Å². The molecule has 9 heteroatoms. The van der Waals surface area contributed by atoms with Crippen LogP contribution in [0.5, 0.6) is 0 Å². The minimum Gasteiger partial charge on any atom is -0.449 e. The van der Waals surface area contributed by atoms with Gasteiger partial charge < -0.3 is 14.9 Å². The number of carbonyl (C=O) groups is 1. The largest absolute Gasteiger partial charge is 0.449 e. The van der Waals surface area contributed by atoms with Gasteiger partial charge in [0.1, 0.15) is 12.3 Å². The van der Waals surface area contributed by atoms with Crippen molar-refractivity contribution in [3.05, 3.63) is 40.3 Å². The molecule has 0 atom stereocenters. The highest BCUT2D eigenvalue weighted by molar-refractivity contribution is 6.29. The summed E-state index contributed by atoms with van der Waals surface area (Å²) in [5.74, 6) is -0.492. The second kappa shape index (κ2) is 8.21. The van der Waals surface area contributed by atoms with Crippen LogP contribution in [0.25, 0.3) is 0 Å². The zero-order chi connectivity index (χ0) is 19.4. The van der Waals surface area contributed by atoms with E-state index in [0.29, 0.717) is 42.1 Å². The standard InChI is InChI=1S/C18H20ClF2N3O3/c1-26-24-12-4-6-18(7-5-12)16(23-10-15(20)21)13(17(25)27-18)8-11-2-3-14(19)22-9-11/h2-3,9,15,23H,4-8,10H2,1H3. The number of carbonyl (C=O) groups excluding carboxylic acids is 1. The zero-order valence-electron chi connectivity index (χ0n) is 14.8. The van der Waals surface area contributed by atoms with Crippen LogP contribution < -0.4 is 5.32 Å². The fraction of sp³-hybridized carbons (Fsp3) is 0.500. The second-order valence-corrected chi connectivity index (χ2v) is 6.90. The number of pyridine rings is 1. The van der Waals surface area contributed by atoms with Gasteiger partial charge in [0.25, 0.3) is 6.43 Å². The molecule has 3 rings (SSSR count). The number of rotatable bonds is 6. The number of halogens is 3. The van der Waals surface area contributed by atoms with Crippen LogP contribution in [-0.4, -0.2) is 42.3 Å². The Balaban J connectivity index is 1.89. The Morgan fingerprint density at radius 3 is 2.74 bits per heavy atom. The fourth-order valence-corrected chi connectivity index (χ4v) is 3.62. The van der Waals surface area contributed by atoms with Crippen LogP contribution >= 0.6 is 11.6 Å². The third-order valence-electron chi connectivity index (χ3n) is 4.75. The van der Waals surface area contributed by atoms with Gasteiger partial charge >= 0.3 is 5.97 Å². The molecule has 0 unspecified atom stereocenters. The Hall–Kier alpha value is -2.22. The minimum absolute atomic E-state index is 0.231. The van der Waals surface area contributed by atoms with Crippen LogP contribution in [0.2, 0.25) is 5.15 Å². The van der Waals surface area contributed by atoms with E-state index in [4.69, 9.17) is 21.2 Å². The highest BCUT2D eigenvalue weighted by Gasteiger charge is 2.49. The van der Waals surface area contributed by atoms with Gasteiger partial charge in [-0.15, -0.1) is 0 Å². The molecule has 1 aromatic rings. The van der Waals surface area contributed by atoms with E-state index >= 15 is 0 Å². The first-order valence-electron chi connectivity index (χ1n) is 8.62. The molecule has 146 valence electrons. The topological polar surface area (TPSA) is 72.8 Å². The summed E-state index contributed by atoms with van der Waals surface area (Å²) in [6.45, 7) is -0.547. The molecule has 6 nitrogen and oxygen atoms in total. The van der Waals surface area contributed by atoms with Gasteiger partial charge in [0, 0.05) is 12.6 Å². The van der Waals surface area contributed by atoms with Crippen molar-refractivity contribution in [2.24, 2.45) is 5.16 Å². The van der Waals surface area contributed by atoms with Crippen molar-refractivity contribution in [2.45, 2.75) is 44.1 Å². The predicted octanol–water partition coefficient (Wildman–Crippen LogP) is 3.26. The summed E-state index contributed by atoms with van der Waals surface area (Å²) in [6.07, 6.45) is 1.31. The molecule has 2 aliphatic rings. The second-order valence-electron chi connectivity index (χ2n) is 6.52. The minimum atomic E-state index is -2.54. The van der Waals surface area contributed by atoms with Crippen LogP contribution in [0, 0.1) is 0 Å². The Kier molecular flexibility index (Phi) is 5.94. The van der Waals surface area contributed by atoms with Crippen molar-refractivity contribution in [2.75, 3.05) is 13.7 Å². The predicted molar refractivity (Wildman–Crippen MR) is 95.7 cm³/mol. The van der Waals surface area contributed by atoms with Crippen LogP contribution in [0.4, 0.5) is 8.78 Å². The van der Waals surface area contributed by atoms with Crippen LogP contribution in [0.15, 0.2) is 34.8 Å². The molecule has 1 fully saturated rings. The SMILES string of the molecule is CON=C1CCC2(CC1)OC(=O)C(Cc1ccc(Cl)nc1)=C2NCC(F)F. The molecule has 1 spiro atoms. The number of ether oxygens (including phenoxy) is 1. The van der Waals surface area contributed by atoms with Gasteiger partial charge in [0.15, 0.2) is 5.60 Å². The molecular formula is C18H20ClF2N3O3. The van der Waals surface area contributed by atoms with Crippen LogP contribution in [0.3, 0.4) is 0 Å².